The first-order valence-electron chi connectivity index (χ1n) is 11.1. The highest BCUT2D eigenvalue weighted by atomic mass is 16.5. The van der Waals surface area contributed by atoms with E-state index < -0.39 is 0 Å². The number of quaternary nitrogens is 1. The minimum Gasteiger partial charge on any atom is -0.494 e. The zero-order chi connectivity index (χ0) is 22.1. The first-order valence-corrected chi connectivity index (χ1v) is 11.1. The summed E-state index contributed by atoms with van der Waals surface area (Å²) in [5.41, 5.74) is 2.88. The highest BCUT2D eigenvalue weighted by Gasteiger charge is 2.23. The molecule has 3 rings (SSSR count). The third kappa shape index (κ3) is 7.19. The molecular formula is C25H33N2O4+. The van der Waals surface area contributed by atoms with Gasteiger partial charge in [-0.2, -0.15) is 0 Å². The standard InChI is InChI=1S/C25H32N2O4/c1-3-31-22-10-8-21(9-11-22)24(28)12-13-25(29)26-23(18-27-14-16-30-17-15-27)20-6-4-19(2)5-7-20/h4-11,23H,3,12-18H2,1-2H3,(H,26,29)/p+1/t23-/m0/s1. The van der Waals surface area contributed by atoms with Crippen LogP contribution < -0.4 is 15.0 Å². The number of amides is 1. The number of ketones is 1. The van der Waals surface area contributed by atoms with Gasteiger partial charge >= 0.3 is 0 Å². The number of carbonyl (C=O) groups is 2. The summed E-state index contributed by atoms with van der Waals surface area (Å²) in [5.74, 6) is 0.602. The second-order valence-electron chi connectivity index (χ2n) is 7.98. The molecule has 1 aliphatic heterocycles. The van der Waals surface area contributed by atoms with Crippen LogP contribution in [-0.2, 0) is 9.53 Å². The minimum atomic E-state index is -0.0995. The van der Waals surface area contributed by atoms with Crippen LogP contribution in [0.4, 0.5) is 0 Å². The van der Waals surface area contributed by atoms with E-state index in [0.717, 1.165) is 44.2 Å². The van der Waals surface area contributed by atoms with Crippen LogP contribution in [0.5, 0.6) is 5.75 Å². The summed E-state index contributed by atoms with van der Waals surface area (Å²) in [5, 5.41) is 3.16. The Bertz CT molecular complexity index is 843. The molecule has 6 heteroatoms. The number of hydrogen-bond acceptors (Lipinski definition) is 4. The molecule has 1 atom stereocenters. The minimum absolute atomic E-state index is 0.0381. The van der Waals surface area contributed by atoms with E-state index in [2.05, 4.69) is 36.5 Å². The Morgan fingerprint density at radius 1 is 1.03 bits per heavy atom. The van der Waals surface area contributed by atoms with E-state index in [-0.39, 0.29) is 30.6 Å². The van der Waals surface area contributed by atoms with Gasteiger partial charge in [-0.1, -0.05) is 29.8 Å². The van der Waals surface area contributed by atoms with Crippen molar-refractivity contribution < 1.29 is 24.0 Å². The number of rotatable bonds is 10. The molecule has 1 amide bonds. The number of morpholine rings is 1. The number of hydrogen-bond donors (Lipinski definition) is 2. The zero-order valence-corrected chi connectivity index (χ0v) is 18.5. The maximum atomic E-state index is 12.7. The van der Waals surface area contributed by atoms with Crippen LogP contribution in [0.25, 0.3) is 0 Å². The average molecular weight is 426 g/mol. The molecule has 0 radical (unpaired) electrons. The molecule has 0 bridgehead atoms. The lowest BCUT2D eigenvalue weighted by molar-refractivity contribution is -0.909. The summed E-state index contributed by atoms with van der Waals surface area (Å²) in [4.78, 5) is 26.6. The Kier molecular flexibility index (Phi) is 8.62. The number of carbonyl (C=O) groups excluding carboxylic acids is 2. The maximum absolute atomic E-state index is 12.7. The van der Waals surface area contributed by atoms with Crippen molar-refractivity contribution in [1.82, 2.24) is 5.32 Å². The number of benzene rings is 2. The van der Waals surface area contributed by atoms with Gasteiger partial charge in [-0.15, -0.1) is 0 Å². The fourth-order valence-corrected chi connectivity index (χ4v) is 3.75. The predicted octanol–water partition coefficient (Wildman–Crippen LogP) is 2.13. The Balaban J connectivity index is 1.57. The molecule has 0 aliphatic carbocycles. The first-order chi connectivity index (χ1) is 15.0. The van der Waals surface area contributed by atoms with Gasteiger partial charge in [0.05, 0.1) is 19.8 Å². The molecule has 2 aromatic rings. The lowest BCUT2D eigenvalue weighted by Crippen LogP contribution is -3.14. The lowest BCUT2D eigenvalue weighted by Gasteiger charge is -2.28. The van der Waals surface area contributed by atoms with Crippen LogP contribution in [0.2, 0.25) is 0 Å². The van der Waals surface area contributed by atoms with Crippen molar-refractivity contribution in [2.24, 2.45) is 0 Å². The van der Waals surface area contributed by atoms with Crippen molar-refractivity contribution >= 4 is 11.7 Å². The molecule has 6 nitrogen and oxygen atoms in total. The summed E-state index contributed by atoms with van der Waals surface area (Å²) in [7, 11) is 0. The van der Waals surface area contributed by atoms with E-state index in [4.69, 9.17) is 9.47 Å². The van der Waals surface area contributed by atoms with Gasteiger partial charge in [0.15, 0.2) is 5.78 Å². The average Bonchev–Trinajstić information content (AvgIpc) is 2.79. The van der Waals surface area contributed by atoms with E-state index in [9.17, 15) is 9.59 Å². The smallest absolute Gasteiger partial charge is 0.221 e. The van der Waals surface area contributed by atoms with Gasteiger partial charge in [0.25, 0.3) is 0 Å². The largest absolute Gasteiger partial charge is 0.494 e. The predicted molar refractivity (Wildman–Crippen MR) is 120 cm³/mol. The van der Waals surface area contributed by atoms with Gasteiger partial charge in [-0.05, 0) is 43.7 Å². The third-order valence-corrected chi connectivity index (χ3v) is 5.57. The molecule has 0 spiro atoms. The first kappa shape index (κ1) is 23.0. The molecule has 166 valence electrons. The molecule has 1 saturated heterocycles. The van der Waals surface area contributed by atoms with Gasteiger partial charge < -0.3 is 19.7 Å². The quantitative estimate of drug-likeness (QED) is 0.573. The summed E-state index contributed by atoms with van der Waals surface area (Å²) in [6.07, 6.45) is 0.359. The molecule has 31 heavy (non-hydrogen) atoms. The van der Waals surface area contributed by atoms with E-state index in [0.29, 0.717) is 12.2 Å². The highest BCUT2D eigenvalue weighted by molar-refractivity contribution is 5.98. The van der Waals surface area contributed by atoms with Crippen molar-refractivity contribution in [3.63, 3.8) is 0 Å². The van der Waals surface area contributed by atoms with Gasteiger partial charge in [0, 0.05) is 18.4 Å². The molecule has 2 N–H and O–H groups in total. The van der Waals surface area contributed by atoms with E-state index in [1.165, 1.54) is 10.5 Å². The maximum Gasteiger partial charge on any atom is 0.221 e. The Hall–Kier alpha value is -2.70. The van der Waals surface area contributed by atoms with E-state index in [1.54, 1.807) is 24.3 Å². The van der Waals surface area contributed by atoms with Crippen LogP contribution >= 0.6 is 0 Å². The Morgan fingerprint density at radius 3 is 2.35 bits per heavy atom. The fraction of sp³-hybridized carbons (Fsp3) is 0.440. The van der Waals surface area contributed by atoms with Crippen LogP contribution in [0.1, 0.15) is 47.3 Å². The molecule has 0 saturated carbocycles. The van der Waals surface area contributed by atoms with E-state index in [1.807, 2.05) is 6.92 Å². The Labute approximate surface area is 184 Å². The van der Waals surface area contributed by atoms with Crippen LogP contribution in [0, 0.1) is 6.92 Å². The highest BCUT2D eigenvalue weighted by Crippen LogP contribution is 2.16. The molecular weight excluding hydrogens is 392 g/mol. The SMILES string of the molecule is CCOc1ccc(C(=O)CCC(=O)N[C@@H](C[NH+]2CCOCC2)c2ccc(C)cc2)cc1. The van der Waals surface area contributed by atoms with E-state index >= 15 is 0 Å². The van der Waals surface area contributed by atoms with Gasteiger partial charge in [0.2, 0.25) is 5.91 Å². The van der Waals surface area contributed by atoms with Crippen LogP contribution in [0.3, 0.4) is 0 Å². The number of Topliss-reactive ketones (excluding diaryl/α,β-unsaturated/α-hetero) is 1. The monoisotopic (exact) mass is 425 g/mol. The molecule has 0 aromatic heterocycles. The van der Waals surface area contributed by atoms with Crippen molar-refractivity contribution in [1.29, 1.82) is 0 Å². The van der Waals surface area contributed by atoms with Crippen molar-refractivity contribution in [3.8, 4) is 5.75 Å². The topological polar surface area (TPSA) is 69.1 Å². The normalized spacial score (nSPS) is 15.3. The molecule has 2 aromatic carbocycles. The zero-order valence-electron chi connectivity index (χ0n) is 18.5. The van der Waals surface area contributed by atoms with Crippen LogP contribution in [0.15, 0.2) is 48.5 Å². The molecule has 1 aliphatic rings. The van der Waals surface area contributed by atoms with Gasteiger partial charge in [-0.25, -0.2) is 0 Å². The second kappa shape index (κ2) is 11.6. The lowest BCUT2D eigenvalue weighted by atomic mass is 10.0. The molecule has 1 heterocycles. The fourth-order valence-electron chi connectivity index (χ4n) is 3.75. The molecule has 0 unspecified atom stereocenters. The summed E-state index contributed by atoms with van der Waals surface area (Å²) in [6, 6.07) is 15.3. The second-order valence-corrected chi connectivity index (χ2v) is 7.98. The van der Waals surface area contributed by atoms with Crippen LogP contribution in [-0.4, -0.2) is 51.1 Å². The van der Waals surface area contributed by atoms with Crippen molar-refractivity contribution in [2.45, 2.75) is 32.7 Å². The van der Waals surface area contributed by atoms with Gasteiger partial charge in [0.1, 0.15) is 31.4 Å². The van der Waals surface area contributed by atoms with Crippen molar-refractivity contribution in [3.05, 3.63) is 65.2 Å². The Morgan fingerprint density at radius 2 is 1.71 bits per heavy atom. The van der Waals surface area contributed by atoms with Crippen molar-refractivity contribution in [2.75, 3.05) is 39.5 Å². The molecule has 1 fully saturated rings. The third-order valence-electron chi connectivity index (χ3n) is 5.57. The number of ether oxygens (including phenoxy) is 2. The summed E-state index contributed by atoms with van der Waals surface area (Å²) in [6.45, 7) is 8.75. The number of aryl methyl sites for hydroxylation is 1. The van der Waals surface area contributed by atoms with Gasteiger partial charge in [-0.3, -0.25) is 9.59 Å². The summed E-state index contributed by atoms with van der Waals surface area (Å²) < 4.78 is 10.9. The number of nitrogens with one attached hydrogen (secondary N) is 2. The summed E-state index contributed by atoms with van der Waals surface area (Å²) >= 11 is 0.